The molecule has 1 aliphatic heterocycles. The van der Waals surface area contributed by atoms with Crippen LogP contribution in [-0.4, -0.2) is 48.7 Å². The molecule has 8 heteroatoms. The number of amides is 2. The number of carbonyl (C=O) groups is 2. The largest absolute Gasteiger partial charge is 0.493 e. The molecule has 0 bridgehead atoms. The second-order valence-electron chi connectivity index (χ2n) is 8.42. The lowest BCUT2D eigenvalue weighted by Crippen LogP contribution is -2.47. The first kappa shape index (κ1) is 22.5. The summed E-state index contributed by atoms with van der Waals surface area (Å²) in [7, 11) is 1.58. The van der Waals surface area contributed by atoms with E-state index in [-0.39, 0.29) is 30.4 Å². The van der Waals surface area contributed by atoms with Gasteiger partial charge in [0.2, 0.25) is 0 Å². The highest BCUT2D eigenvalue weighted by Gasteiger charge is 2.28. The fraction of sp³-hybridized carbons (Fsp3) is 0.478. The molecule has 1 aromatic carbocycles. The van der Waals surface area contributed by atoms with Crippen LogP contribution in [0.4, 0.5) is 4.79 Å². The number of nitrogens with one attached hydrogen (secondary N) is 1. The molecule has 1 saturated heterocycles. The van der Waals surface area contributed by atoms with Crippen LogP contribution in [0.3, 0.4) is 0 Å². The van der Waals surface area contributed by atoms with Crippen molar-refractivity contribution in [2.45, 2.75) is 51.9 Å². The Hall–Kier alpha value is -3.16. The van der Waals surface area contributed by atoms with Gasteiger partial charge in [-0.3, -0.25) is 4.79 Å². The third kappa shape index (κ3) is 6.41. The summed E-state index contributed by atoms with van der Waals surface area (Å²) in [5.41, 5.74) is -0.519. The van der Waals surface area contributed by atoms with Crippen molar-refractivity contribution >= 4 is 12.0 Å². The lowest BCUT2D eigenvalue weighted by molar-refractivity contribution is 0.0199. The van der Waals surface area contributed by atoms with Crippen LogP contribution in [0.15, 0.2) is 40.8 Å². The first-order valence-electron chi connectivity index (χ1n) is 10.4. The SMILES string of the molecule is COc1ccccc1OCc1ccc(C(=O)NC2CCN(C(=O)OC(C)(C)C)CC2)o1. The van der Waals surface area contributed by atoms with E-state index in [1.807, 2.05) is 39.0 Å². The molecule has 2 amide bonds. The van der Waals surface area contributed by atoms with Gasteiger partial charge in [0, 0.05) is 19.1 Å². The fourth-order valence-electron chi connectivity index (χ4n) is 3.25. The van der Waals surface area contributed by atoms with Gasteiger partial charge in [0.05, 0.1) is 7.11 Å². The Labute approximate surface area is 182 Å². The van der Waals surface area contributed by atoms with E-state index in [1.165, 1.54) is 0 Å². The summed E-state index contributed by atoms with van der Waals surface area (Å²) < 4.78 is 22.0. The van der Waals surface area contributed by atoms with Gasteiger partial charge in [-0.05, 0) is 57.9 Å². The van der Waals surface area contributed by atoms with E-state index < -0.39 is 5.60 Å². The number of methoxy groups -OCH3 is 1. The zero-order valence-corrected chi connectivity index (χ0v) is 18.5. The summed E-state index contributed by atoms with van der Waals surface area (Å²) in [5, 5.41) is 2.98. The summed E-state index contributed by atoms with van der Waals surface area (Å²) in [5.74, 6) is 1.72. The molecule has 0 saturated carbocycles. The monoisotopic (exact) mass is 430 g/mol. The van der Waals surface area contributed by atoms with Crippen LogP contribution in [0.1, 0.15) is 49.9 Å². The first-order chi connectivity index (χ1) is 14.7. The summed E-state index contributed by atoms with van der Waals surface area (Å²) in [6.07, 6.45) is 1.01. The Morgan fingerprint density at radius 3 is 2.42 bits per heavy atom. The van der Waals surface area contributed by atoms with E-state index in [2.05, 4.69) is 5.32 Å². The quantitative estimate of drug-likeness (QED) is 0.745. The fourth-order valence-corrected chi connectivity index (χ4v) is 3.25. The number of hydrogen-bond donors (Lipinski definition) is 1. The second-order valence-corrected chi connectivity index (χ2v) is 8.42. The normalized spacial score (nSPS) is 14.8. The van der Waals surface area contributed by atoms with Gasteiger partial charge in [-0.25, -0.2) is 4.79 Å². The Morgan fingerprint density at radius 2 is 1.77 bits per heavy atom. The Bertz CT molecular complexity index is 893. The number of hydrogen-bond acceptors (Lipinski definition) is 6. The van der Waals surface area contributed by atoms with Crippen molar-refractivity contribution in [2.75, 3.05) is 20.2 Å². The van der Waals surface area contributed by atoms with Crippen LogP contribution < -0.4 is 14.8 Å². The number of rotatable bonds is 6. The molecule has 2 aromatic rings. The van der Waals surface area contributed by atoms with E-state index in [0.29, 0.717) is 43.2 Å². The summed E-state index contributed by atoms with van der Waals surface area (Å²) in [4.78, 5) is 26.4. The predicted molar refractivity (Wildman–Crippen MR) is 114 cm³/mol. The molecular weight excluding hydrogens is 400 g/mol. The maximum atomic E-state index is 12.5. The van der Waals surface area contributed by atoms with Crippen molar-refractivity contribution in [2.24, 2.45) is 0 Å². The van der Waals surface area contributed by atoms with E-state index in [1.54, 1.807) is 30.2 Å². The van der Waals surface area contributed by atoms with Crippen molar-refractivity contribution in [3.8, 4) is 11.5 Å². The van der Waals surface area contributed by atoms with Crippen LogP contribution in [0.2, 0.25) is 0 Å². The van der Waals surface area contributed by atoms with Gasteiger partial charge >= 0.3 is 6.09 Å². The molecule has 3 rings (SSSR count). The summed E-state index contributed by atoms with van der Waals surface area (Å²) in [6.45, 7) is 6.79. The highest BCUT2D eigenvalue weighted by molar-refractivity contribution is 5.91. The molecule has 1 aliphatic rings. The maximum absolute atomic E-state index is 12.5. The zero-order chi connectivity index (χ0) is 22.4. The molecule has 1 N–H and O–H groups in total. The Kier molecular flexibility index (Phi) is 7.09. The highest BCUT2D eigenvalue weighted by Crippen LogP contribution is 2.27. The minimum Gasteiger partial charge on any atom is -0.493 e. The lowest BCUT2D eigenvalue weighted by Gasteiger charge is -2.33. The van der Waals surface area contributed by atoms with Gasteiger partial charge in [-0.1, -0.05) is 12.1 Å². The molecule has 0 radical (unpaired) electrons. The smallest absolute Gasteiger partial charge is 0.410 e. The van der Waals surface area contributed by atoms with Gasteiger partial charge in [-0.15, -0.1) is 0 Å². The molecule has 1 aromatic heterocycles. The minimum absolute atomic E-state index is 0.0235. The number of furan rings is 1. The predicted octanol–water partition coefficient (Wildman–Crippen LogP) is 4.00. The summed E-state index contributed by atoms with van der Waals surface area (Å²) >= 11 is 0. The highest BCUT2D eigenvalue weighted by atomic mass is 16.6. The number of para-hydroxylation sites is 2. The van der Waals surface area contributed by atoms with Crippen molar-refractivity contribution in [1.29, 1.82) is 0 Å². The molecule has 2 heterocycles. The van der Waals surface area contributed by atoms with Gasteiger partial charge < -0.3 is 28.8 Å². The van der Waals surface area contributed by atoms with Crippen LogP contribution in [-0.2, 0) is 11.3 Å². The molecule has 0 atom stereocenters. The Morgan fingerprint density at radius 1 is 1.10 bits per heavy atom. The van der Waals surface area contributed by atoms with Crippen LogP contribution in [0, 0.1) is 0 Å². The number of piperidine rings is 1. The molecule has 1 fully saturated rings. The maximum Gasteiger partial charge on any atom is 0.410 e. The number of likely N-dealkylation sites (tertiary alicyclic amines) is 1. The average molecular weight is 431 g/mol. The average Bonchev–Trinajstić information content (AvgIpc) is 3.21. The van der Waals surface area contributed by atoms with E-state index in [9.17, 15) is 9.59 Å². The molecule has 31 heavy (non-hydrogen) atoms. The van der Waals surface area contributed by atoms with E-state index >= 15 is 0 Å². The topological polar surface area (TPSA) is 90.2 Å². The molecule has 0 aliphatic carbocycles. The van der Waals surface area contributed by atoms with Crippen molar-refractivity contribution < 1.29 is 28.2 Å². The molecule has 8 nitrogen and oxygen atoms in total. The van der Waals surface area contributed by atoms with Gasteiger partial charge in [0.1, 0.15) is 18.0 Å². The summed E-state index contributed by atoms with van der Waals surface area (Å²) in [6, 6.07) is 10.7. The van der Waals surface area contributed by atoms with Crippen molar-refractivity contribution in [3.05, 3.63) is 47.9 Å². The second kappa shape index (κ2) is 9.76. The third-order valence-corrected chi connectivity index (χ3v) is 4.81. The standard InChI is InChI=1S/C23H30N2O6/c1-23(2,3)31-22(27)25-13-11-16(12-14-25)24-21(26)20-10-9-17(30-20)15-29-19-8-6-5-7-18(19)28-4/h5-10,16H,11-15H2,1-4H3,(H,24,26). The Balaban J connectivity index is 1.47. The number of carbonyl (C=O) groups excluding carboxylic acids is 2. The lowest BCUT2D eigenvalue weighted by atomic mass is 10.1. The first-order valence-corrected chi connectivity index (χ1v) is 10.4. The minimum atomic E-state index is -0.519. The number of nitrogens with zero attached hydrogens (tertiary/aromatic N) is 1. The van der Waals surface area contributed by atoms with E-state index in [0.717, 1.165) is 0 Å². The van der Waals surface area contributed by atoms with Crippen LogP contribution in [0.25, 0.3) is 0 Å². The van der Waals surface area contributed by atoms with Crippen molar-refractivity contribution in [3.63, 3.8) is 0 Å². The molecule has 0 unspecified atom stereocenters. The molecule has 0 spiro atoms. The van der Waals surface area contributed by atoms with Gasteiger partial charge in [-0.2, -0.15) is 0 Å². The number of benzene rings is 1. The third-order valence-electron chi connectivity index (χ3n) is 4.81. The van der Waals surface area contributed by atoms with Crippen molar-refractivity contribution in [1.82, 2.24) is 10.2 Å². The molecular formula is C23H30N2O6. The zero-order valence-electron chi connectivity index (χ0n) is 18.5. The van der Waals surface area contributed by atoms with Crippen LogP contribution in [0.5, 0.6) is 11.5 Å². The number of ether oxygens (including phenoxy) is 3. The van der Waals surface area contributed by atoms with Crippen LogP contribution >= 0.6 is 0 Å². The van der Waals surface area contributed by atoms with Gasteiger partial charge in [0.15, 0.2) is 17.3 Å². The van der Waals surface area contributed by atoms with E-state index in [4.69, 9.17) is 18.6 Å². The van der Waals surface area contributed by atoms with Gasteiger partial charge in [0.25, 0.3) is 5.91 Å². The molecule has 168 valence electrons.